The summed E-state index contributed by atoms with van der Waals surface area (Å²) in [5, 5.41) is 1.93. The van der Waals surface area contributed by atoms with Crippen LogP contribution in [-0.2, 0) is 26.0 Å². The number of benzene rings is 1. The number of hydrogen-bond acceptors (Lipinski definition) is 5. The van der Waals surface area contributed by atoms with Gasteiger partial charge in [-0.15, -0.1) is 11.3 Å². The Balaban J connectivity index is 1.40. The molecule has 1 aromatic heterocycles. The van der Waals surface area contributed by atoms with Gasteiger partial charge in [-0.05, 0) is 55.0 Å². The topological polar surface area (TPSA) is 78.0 Å². The Morgan fingerprint density at radius 3 is 2.50 bits per heavy atom. The molecule has 0 radical (unpaired) electrons. The van der Waals surface area contributed by atoms with E-state index in [1.165, 1.54) is 27.8 Å². The molecule has 32 heavy (non-hydrogen) atoms. The second-order valence-corrected chi connectivity index (χ2v) is 11.0. The number of carbonyl (C=O) groups is 2. The Morgan fingerprint density at radius 2 is 1.78 bits per heavy atom. The molecular weight excluding hydrogens is 453 g/mol. The van der Waals surface area contributed by atoms with Crippen molar-refractivity contribution >= 4 is 33.2 Å². The van der Waals surface area contributed by atoms with Crippen LogP contribution in [0.5, 0.6) is 0 Å². The Labute approximate surface area is 191 Å². The van der Waals surface area contributed by atoms with Gasteiger partial charge in [0.15, 0.2) is 0 Å². The largest absolute Gasteiger partial charge is 0.340 e. The number of amides is 2. The van der Waals surface area contributed by atoms with Crippen molar-refractivity contribution in [2.75, 3.05) is 32.7 Å². The lowest BCUT2D eigenvalue weighted by Gasteiger charge is -2.29. The summed E-state index contributed by atoms with van der Waals surface area (Å²) >= 11 is 1.53. The monoisotopic (exact) mass is 479 g/mol. The van der Waals surface area contributed by atoms with Gasteiger partial charge in [-0.3, -0.25) is 9.59 Å². The van der Waals surface area contributed by atoms with Gasteiger partial charge in [-0.2, -0.15) is 4.31 Å². The van der Waals surface area contributed by atoms with E-state index >= 15 is 0 Å². The molecule has 0 spiro atoms. The normalized spacial score (nSPS) is 20.3. The second-order valence-electron chi connectivity index (χ2n) is 8.04. The van der Waals surface area contributed by atoms with Crippen LogP contribution in [0.1, 0.15) is 24.1 Å². The Morgan fingerprint density at radius 1 is 1.00 bits per heavy atom. The standard InChI is InChI=1S/C22H26FN3O4S2/c23-17-6-8-19(9-7-17)32(29,30)25-11-3-10-24(13-14-25)22(28)20-5-1-12-26(20)21(27)16-18-4-2-15-31-18/h2,4,6-9,15,20H,1,3,5,10-14,16H2. The second kappa shape index (κ2) is 9.68. The van der Waals surface area contributed by atoms with Gasteiger partial charge in [-0.25, -0.2) is 12.8 Å². The van der Waals surface area contributed by atoms with Crippen LogP contribution in [0, 0.1) is 5.82 Å². The van der Waals surface area contributed by atoms with Gasteiger partial charge < -0.3 is 9.80 Å². The van der Waals surface area contributed by atoms with E-state index in [9.17, 15) is 22.4 Å². The molecule has 2 aliphatic heterocycles. The fourth-order valence-electron chi connectivity index (χ4n) is 4.31. The number of thiophene rings is 1. The number of halogens is 1. The van der Waals surface area contributed by atoms with Crippen LogP contribution in [0.3, 0.4) is 0 Å². The fourth-order valence-corrected chi connectivity index (χ4v) is 6.47. The van der Waals surface area contributed by atoms with E-state index in [0.717, 1.165) is 23.4 Å². The predicted octanol–water partition coefficient (Wildman–Crippen LogP) is 2.34. The minimum atomic E-state index is -3.76. The molecule has 7 nitrogen and oxygen atoms in total. The van der Waals surface area contributed by atoms with Crippen LogP contribution in [0.4, 0.5) is 4.39 Å². The third-order valence-electron chi connectivity index (χ3n) is 5.98. The number of nitrogens with zero attached hydrogens (tertiary/aromatic N) is 3. The Hall–Kier alpha value is -2.30. The first kappa shape index (κ1) is 22.9. The lowest BCUT2D eigenvalue weighted by molar-refractivity contribution is -0.143. The molecule has 2 fully saturated rings. The summed E-state index contributed by atoms with van der Waals surface area (Å²) < 4.78 is 40.4. The van der Waals surface area contributed by atoms with Crippen molar-refractivity contribution in [3.05, 3.63) is 52.5 Å². The van der Waals surface area contributed by atoms with Gasteiger partial charge in [0.25, 0.3) is 0 Å². The zero-order chi connectivity index (χ0) is 22.7. The van der Waals surface area contributed by atoms with Crippen molar-refractivity contribution in [2.45, 2.75) is 36.6 Å². The number of sulfonamides is 1. The van der Waals surface area contributed by atoms with Gasteiger partial charge in [0, 0.05) is 37.6 Å². The quantitative estimate of drug-likeness (QED) is 0.660. The molecule has 2 aliphatic rings. The summed E-state index contributed by atoms with van der Waals surface area (Å²) in [7, 11) is -3.76. The summed E-state index contributed by atoms with van der Waals surface area (Å²) in [4.78, 5) is 30.4. The van der Waals surface area contributed by atoms with E-state index in [4.69, 9.17) is 0 Å². The smallest absolute Gasteiger partial charge is 0.245 e. The van der Waals surface area contributed by atoms with Crippen molar-refractivity contribution in [2.24, 2.45) is 0 Å². The maximum Gasteiger partial charge on any atom is 0.245 e. The van der Waals surface area contributed by atoms with E-state index in [1.807, 2.05) is 17.5 Å². The molecule has 0 aliphatic carbocycles. The molecule has 0 N–H and O–H groups in total. The minimum absolute atomic E-state index is 0.0415. The first-order valence-corrected chi connectivity index (χ1v) is 13.0. The molecule has 1 aromatic carbocycles. The lowest BCUT2D eigenvalue weighted by Crippen LogP contribution is -2.49. The lowest BCUT2D eigenvalue weighted by atomic mass is 10.1. The van der Waals surface area contributed by atoms with Gasteiger partial charge in [-0.1, -0.05) is 6.07 Å². The van der Waals surface area contributed by atoms with Crippen LogP contribution >= 0.6 is 11.3 Å². The number of likely N-dealkylation sites (tertiary alicyclic amines) is 1. The first-order chi connectivity index (χ1) is 15.4. The van der Waals surface area contributed by atoms with Crippen LogP contribution in [0.15, 0.2) is 46.7 Å². The van der Waals surface area contributed by atoms with Crippen LogP contribution in [0.2, 0.25) is 0 Å². The van der Waals surface area contributed by atoms with Crippen LogP contribution in [0.25, 0.3) is 0 Å². The summed E-state index contributed by atoms with van der Waals surface area (Å²) in [6.07, 6.45) is 2.21. The molecule has 3 heterocycles. The predicted molar refractivity (Wildman–Crippen MR) is 119 cm³/mol. The van der Waals surface area contributed by atoms with E-state index in [-0.39, 0.29) is 36.3 Å². The van der Waals surface area contributed by atoms with Gasteiger partial charge >= 0.3 is 0 Å². The molecule has 1 atom stereocenters. The van der Waals surface area contributed by atoms with E-state index in [1.54, 1.807) is 9.80 Å². The third kappa shape index (κ3) is 4.87. The molecule has 0 saturated carbocycles. The van der Waals surface area contributed by atoms with Crippen molar-refractivity contribution < 1.29 is 22.4 Å². The fraction of sp³-hybridized carbons (Fsp3) is 0.455. The average Bonchev–Trinajstić information content (AvgIpc) is 3.40. The van der Waals surface area contributed by atoms with Crippen LogP contribution in [-0.4, -0.2) is 73.1 Å². The Kier molecular flexibility index (Phi) is 6.92. The molecule has 172 valence electrons. The van der Waals surface area contributed by atoms with E-state index < -0.39 is 21.9 Å². The summed E-state index contributed by atoms with van der Waals surface area (Å²) in [6.45, 7) is 1.73. The van der Waals surface area contributed by atoms with Crippen molar-refractivity contribution in [3.8, 4) is 0 Å². The maximum absolute atomic E-state index is 13.3. The zero-order valence-corrected chi connectivity index (χ0v) is 19.3. The zero-order valence-electron chi connectivity index (χ0n) is 17.7. The van der Waals surface area contributed by atoms with Crippen molar-refractivity contribution in [3.63, 3.8) is 0 Å². The molecule has 0 bridgehead atoms. The third-order valence-corrected chi connectivity index (χ3v) is 8.77. The van der Waals surface area contributed by atoms with E-state index in [0.29, 0.717) is 32.4 Å². The summed E-state index contributed by atoms with van der Waals surface area (Å²) in [5.74, 6) is -0.645. The molecule has 2 amide bonds. The highest BCUT2D eigenvalue weighted by molar-refractivity contribution is 7.89. The number of carbonyl (C=O) groups excluding carboxylic acids is 2. The molecule has 2 aromatic rings. The molecule has 4 rings (SSSR count). The van der Waals surface area contributed by atoms with Crippen molar-refractivity contribution in [1.82, 2.24) is 14.1 Å². The highest BCUT2D eigenvalue weighted by Crippen LogP contribution is 2.23. The molecule has 1 unspecified atom stereocenters. The number of rotatable bonds is 5. The highest BCUT2D eigenvalue weighted by atomic mass is 32.2. The average molecular weight is 480 g/mol. The Bertz CT molecular complexity index is 1060. The van der Waals surface area contributed by atoms with Crippen LogP contribution < -0.4 is 0 Å². The minimum Gasteiger partial charge on any atom is -0.340 e. The van der Waals surface area contributed by atoms with E-state index in [2.05, 4.69) is 0 Å². The molecule has 10 heteroatoms. The summed E-state index contributed by atoms with van der Waals surface area (Å²) in [6, 6.07) is 8.11. The summed E-state index contributed by atoms with van der Waals surface area (Å²) in [5.41, 5.74) is 0. The van der Waals surface area contributed by atoms with Gasteiger partial charge in [0.2, 0.25) is 21.8 Å². The number of hydrogen-bond donors (Lipinski definition) is 0. The first-order valence-electron chi connectivity index (χ1n) is 10.7. The molecule has 2 saturated heterocycles. The van der Waals surface area contributed by atoms with Crippen molar-refractivity contribution in [1.29, 1.82) is 0 Å². The van der Waals surface area contributed by atoms with Gasteiger partial charge in [0.05, 0.1) is 11.3 Å². The van der Waals surface area contributed by atoms with Gasteiger partial charge in [0.1, 0.15) is 11.9 Å². The SMILES string of the molecule is O=C(C1CCCN1C(=O)Cc1cccs1)N1CCCN(S(=O)(=O)c2ccc(F)cc2)CC1. The molecular formula is C22H26FN3O4S2. The maximum atomic E-state index is 13.3. The highest BCUT2D eigenvalue weighted by Gasteiger charge is 2.37.